The quantitative estimate of drug-likeness (QED) is 0.659. The summed E-state index contributed by atoms with van der Waals surface area (Å²) in [6.45, 7) is -0.255. The van der Waals surface area contributed by atoms with Crippen molar-refractivity contribution in [2.75, 3.05) is 13.7 Å². The second kappa shape index (κ2) is 10.9. The van der Waals surface area contributed by atoms with Gasteiger partial charge in [0, 0.05) is 11.4 Å². The number of ether oxygens (including phenoxy) is 2. The topological polar surface area (TPSA) is 93.7 Å². The average Bonchev–Trinajstić information content (AvgIpc) is 2.72. The molecule has 28 heavy (non-hydrogen) atoms. The number of rotatable bonds is 8. The number of methoxy groups -OCH3 is 1. The van der Waals surface area contributed by atoms with Crippen LogP contribution in [0, 0.1) is 0 Å². The van der Waals surface area contributed by atoms with Gasteiger partial charge in [-0.05, 0) is 17.2 Å². The number of hydrogen-bond donors (Lipinski definition) is 2. The van der Waals surface area contributed by atoms with Gasteiger partial charge in [-0.15, -0.1) is 0 Å². The third kappa shape index (κ3) is 6.92. The molecule has 0 aromatic heterocycles. The molecule has 2 rings (SSSR count). The van der Waals surface area contributed by atoms with Gasteiger partial charge in [-0.25, -0.2) is 9.59 Å². The van der Waals surface area contributed by atoms with Gasteiger partial charge >= 0.3 is 12.1 Å². The second-order valence-corrected chi connectivity index (χ2v) is 6.26. The maximum Gasteiger partial charge on any atom is 0.407 e. The molecule has 2 N–H and O–H groups in total. The minimum absolute atomic E-state index is 0.0889. The molecule has 8 heteroatoms. The zero-order valence-electron chi connectivity index (χ0n) is 15.3. The summed E-state index contributed by atoms with van der Waals surface area (Å²) in [4.78, 5) is 35.8. The maximum atomic E-state index is 12.1. The van der Waals surface area contributed by atoms with Crippen LogP contribution in [-0.2, 0) is 32.1 Å². The molecule has 148 valence electrons. The van der Waals surface area contributed by atoms with Gasteiger partial charge in [-0.2, -0.15) is 0 Å². The number of amides is 2. The first-order valence-corrected chi connectivity index (χ1v) is 8.92. The van der Waals surface area contributed by atoms with E-state index in [0.717, 1.165) is 5.56 Å². The fourth-order valence-electron chi connectivity index (χ4n) is 2.39. The Morgan fingerprint density at radius 2 is 1.71 bits per heavy atom. The molecule has 2 aromatic carbocycles. The molecule has 2 amide bonds. The number of hydrogen-bond acceptors (Lipinski definition) is 5. The van der Waals surface area contributed by atoms with Gasteiger partial charge in [0.05, 0.1) is 7.11 Å². The van der Waals surface area contributed by atoms with Crippen LogP contribution in [0.4, 0.5) is 4.79 Å². The molecule has 0 unspecified atom stereocenters. The van der Waals surface area contributed by atoms with Crippen molar-refractivity contribution >= 4 is 29.6 Å². The number of carbonyl (C=O) groups is 3. The van der Waals surface area contributed by atoms with E-state index in [4.69, 9.17) is 21.1 Å². The lowest BCUT2D eigenvalue weighted by Crippen LogP contribution is -2.47. The Labute approximate surface area is 168 Å². The standard InChI is InChI=1S/C20H21ClN2O5/c1-27-19(25)17(11-15-9-5-6-10-16(15)21)23-18(24)12-22-20(26)28-13-14-7-3-2-4-8-14/h2-10,17H,11-13H2,1H3,(H,22,26)(H,23,24)/t17-/m1/s1. The van der Waals surface area contributed by atoms with Crippen LogP contribution in [0.5, 0.6) is 0 Å². The van der Waals surface area contributed by atoms with Crippen molar-refractivity contribution in [2.24, 2.45) is 0 Å². The Balaban J connectivity index is 1.83. The number of benzene rings is 2. The van der Waals surface area contributed by atoms with Crippen LogP contribution in [0.15, 0.2) is 54.6 Å². The summed E-state index contributed by atoms with van der Waals surface area (Å²) in [5.74, 6) is -1.17. The van der Waals surface area contributed by atoms with Crippen molar-refractivity contribution in [3.8, 4) is 0 Å². The van der Waals surface area contributed by atoms with Crippen LogP contribution in [0.25, 0.3) is 0 Å². The molecule has 0 fully saturated rings. The Bertz CT molecular complexity index is 813. The van der Waals surface area contributed by atoms with Gasteiger partial charge in [0.1, 0.15) is 19.2 Å². The Kier molecular flexibility index (Phi) is 8.30. The van der Waals surface area contributed by atoms with E-state index in [2.05, 4.69) is 10.6 Å². The van der Waals surface area contributed by atoms with E-state index in [-0.39, 0.29) is 19.6 Å². The summed E-state index contributed by atoms with van der Waals surface area (Å²) in [5.41, 5.74) is 1.52. The van der Waals surface area contributed by atoms with E-state index < -0.39 is 24.0 Å². The van der Waals surface area contributed by atoms with Gasteiger partial charge < -0.3 is 20.1 Å². The summed E-state index contributed by atoms with van der Waals surface area (Å²) in [6, 6.07) is 15.2. The molecule has 0 radical (unpaired) electrons. The fourth-order valence-corrected chi connectivity index (χ4v) is 2.60. The number of esters is 1. The van der Waals surface area contributed by atoms with Gasteiger partial charge in [0.2, 0.25) is 5.91 Å². The molecule has 0 aliphatic carbocycles. The minimum atomic E-state index is -0.931. The highest BCUT2D eigenvalue weighted by atomic mass is 35.5. The monoisotopic (exact) mass is 404 g/mol. The average molecular weight is 405 g/mol. The minimum Gasteiger partial charge on any atom is -0.467 e. The van der Waals surface area contributed by atoms with E-state index in [1.165, 1.54) is 7.11 Å². The number of alkyl carbamates (subject to hydrolysis) is 1. The molecular formula is C20H21ClN2O5. The van der Waals surface area contributed by atoms with E-state index >= 15 is 0 Å². The predicted octanol–water partition coefficient (Wildman–Crippen LogP) is 2.47. The molecule has 0 aliphatic rings. The van der Waals surface area contributed by atoms with Crippen molar-refractivity contribution in [2.45, 2.75) is 19.1 Å². The number of nitrogens with one attached hydrogen (secondary N) is 2. The largest absolute Gasteiger partial charge is 0.467 e. The van der Waals surface area contributed by atoms with Gasteiger partial charge in [-0.3, -0.25) is 4.79 Å². The molecule has 0 aliphatic heterocycles. The van der Waals surface area contributed by atoms with Crippen molar-refractivity contribution in [1.82, 2.24) is 10.6 Å². The van der Waals surface area contributed by atoms with E-state index in [0.29, 0.717) is 10.6 Å². The van der Waals surface area contributed by atoms with Crippen LogP contribution in [-0.4, -0.2) is 37.7 Å². The first-order chi connectivity index (χ1) is 13.5. The fraction of sp³-hybridized carbons (Fsp3) is 0.250. The molecule has 7 nitrogen and oxygen atoms in total. The van der Waals surface area contributed by atoms with Crippen molar-refractivity contribution in [1.29, 1.82) is 0 Å². The van der Waals surface area contributed by atoms with Crippen LogP contribution in [0.1, 0.15) is 11.1 Å². The lowest BCUT2D eigenvalue weighted by molar-refractivity contribution is -0.144. The highest BCUT2D eigenvalue weighted by Crippen LogP contribution is 2.17. The van der Waals surface area contributed by atoms with Crippen LogP contribution in [0.2, 0.25) is 5.02 Å². The molecule has 0 saturated heterocycles. The smallest absolute Gasteiger partial charge is 0.407 e. The summed E-state index contributed by atoms with van der Waals surface area (Å²) in [5, 5.41) is 5.35. The maximum absolute atomic E-state index is 12.1. The van der Waals surface area contributed by atoms with Crippen molar-refractivity contribution < 1.29 is 23.9 Å². The lowest BCUT2D eigenvalue weighted by atomic mass is 10.1. The normalized spacial score (nSPS) is 11.2. The molecule has 0 bridgehead atoms. The summed E-state index contributed by atoms with van der Waals surface area (Å²) < 4.78 is 9.75. The van der Waals surface area contributed by atoms with Crippen LogP contribution >= 0.6 is 11.6 Å². The first kappa shape index (κ1) is 21.2. The number of carbonyl (C=O) groups excluding carboxylic acids is 3. The zero-order chi connectivity index (χ0) is 20.4. The summed E-state index contributed by atoms with van der Waals surface area (Å²) >= 11 is 6.10. The molecular weight excluding hydrogens is 384 g/mol. The second-order valence-electron chi connectivity index (χ2n) is 5.85. The van der Waals surface area contributed by atoms with Crippen LogP contribution in [0.3, 0.4) is 0 Å². The molecule has 0 saturated carbocycles. The molecule has 2 aromatic rings. The van der Waals surface area contributed by atoms with E-state index in [9.17, 15) is 14.4 Å². The lowest BCUT2D eigenvalue weighted by Gasteiger charge is -2.17. The summed E-state index contributed by atoms with van der Waals surface area (Å²) in [7, 11) is 1.23. The Morgan fingerprint density at radius 1 is 1.04 bits per heavy atom. The Morgan fingerprint density at radius 3 is 2.39 bits per heavy atom. The Hall–Kier alpha value is -3.06. The zero-order valence-corrected chi connectivity index (χ0v) is 16.1. The highest BCUT2D eigenvalue weighted by molar-refractivity contribution is 6.31. The third-order valence-electron chi connectivity index (χ3n) is 3.81. The molecule has 0 heterocycles. The third-order valence-corrected chi connectivity index (χ3v) is 4.18. The van der Waals surface area contributed by atoms with Crippen LogP contribution < -0.4 is 10.6 Å². The molecule has 1 atom stereocenters. The van der Waals surface area contributed by atoms with E-state index in [1.807, 2.05) is 30.3 Å². The number of halogens is 1. The van der Waals surface area contributed by atoms with Gasteiger partial charge in [0.25, 0.3) is 0 Å². The van der Waals surface area contributed by atoms with Gasteiger partial charge in [0.15, 0.2) is 0 Å². The van der Waals surface area contributed by atoms with Crippen molar-refractivity contribution in [3.05, 3.63) is 70.7 Å². The SMILES string of the molecule is COC(=O)[C@@H](Cc1ccccc1Cl)NC(=O)CNC(=O)OCc1ccccc1. The predicted molar refractivity (Wildman–Crippen MR) is 104 cm³/mol. The molecule has 0 spiro atoms. The van der Waals surface area contributed by atoms with Gasteiger partial charge in [-0.1, -0.05) is 60.1 Å². The van der Waals surface area contributed by atoms with Crippen molar-refractivity contribution in [3.63, 3.8) is 0 Å². The highest BCUT2D eigenvalue weighted by Gasteiger charge is 2.23. The first-order valence-electron chi connectivity index (χ1n) is 8.54. The summed E-state index contributed by atoms with van der Waals surface area (Å²) in [6.07, 6.45) is -0.573. The van der Waals surface area contributed by atoms with E-state index in [1.54, 1.807) is 24.3 Å².